The van der Waals surface area contributed by atoms with E-state index in [4.69, 9.17) is 0 Å². The zero-order valence-corrected chi connectivity index (χ0v) is 18.9. The molecule has 0 radical (unpaired) electrons. The number of fused-ring (bicyclic) bond motifs is 2. The highest BCUT2D eigenvalue weighted by atomic mass is 32.2. The summed E-state index contributed by atoms with van der Waals surface area (Å²) in [4.78, 5) is 17.1. The van der Waals surface area contributed by atoms with Crippen molar-refractivity contribution < 1.29 is 31.5 Å². The molecule has 0 spiro atoms. The van der Waals surface area contributed by atoms with Gasteiger partial charge in [-0.1, -0.05) is 0 Å². The number of aryl methyl sites for hydroxylation is 2. The van der Waals surface area contributed by atoms with Crippen LogP contribution in [0.5, 0.6) is 11.5 Å². The summed E-state index contributed by atoms with van der Waals surface area (Å²) in [5, 5.41) is 2.64. The predicted molar refractivity (Wildman–Crippen MR) is 116 cm³/mol. The van der Waals surface area contributed by atoms with Crippen LogP contribution in [0.4, 0.5) is 14.5 Å². The number of aromatic nitrogens is 2. The largest absolute Gasteiger partial charge is 0.586 e. The van der Waals surface area contributed by atoms with Gasteiger partial charge in [0.05, 0.1) is 15.9 Å². The van der Waals surface area contributed by atoms with Crippen LogP contribution >= 0.6 is 0 Å². The van der Waals surface area contributed by atoms with Crippen molar-refractivity contribution in [3.8, 4) is 11.5 Å². The molecule has 1 aliphatic heterocycles. The van der Waals surface area contributed by atoms with E-state index in [1.54, 1.807) is 6.07 Å². The number of hydrogen-bond donors (Lipinski definition) is 1. The highest BCUT2D eigenvalue weighted by molar-refractivity contribution is 7.89. The molecular formula is C21H22F2N4O5S. The van der Waals surface area contributed by atoms with Crippen LogP contribution in [0.15, 0.2) is 41.3 Å². The molecule has 3 aromatic rings. The Bertz CT molecular complexity index is 1340. The van der Waals surface area contributed by atoms with E-state index in [0.29, 0.717) is 30.0 Å². The van der Waals surface area contributed by atoms with Gasteiger partial charge < -0.3 is 19.4 Å². The van der Waals surface area contributed by atoms with E-state index < -0.39 is 16.3 Å². The fourth-order valence-corrected chi connectivity index (χ4v) is 4.47. The molecule has 176 valence electrons. The monoisotopic (exact) mass is 480 g/mol. The zero-order valence-electron chi connectivity index (χ0n) is 18.1. The van der Waals surface area contributed by atoms with E-state index in [2.05, 4.69) is 19.8 Å². The smallest absolute Gasteiger partial charge is 0.395 e. The normalized spacial score (nSPS) is 14.7. The maximum absolute atomic E-state index is 13.2. The van der Waals surface area contributed by atoms with Gasteiger partial charge in [0.1, 0.15) is 5.82 Å². The number of nitrogens with zero attached hydrogens (tertiary/aromatic N) is 3. The number of imidazole rings is 1. The lowest BCUT2D eigenvalue weighted by Crippen LogP contribution is -2.25. The van der Waals surface area contributed by atoms with Crippen LogP contribution in [0, 0.1) is 0 Å². The number of amides is 1. The predicted octanol–water partition coefficient (Wildman–Crippen LogP) is 3.20. The molecule has 12 heteroatoms. The highest BCUT2D eigenvalue weighted by Gasteiger charge is 2.43. The first kappa shape index (κ1) is 22.9. The van der Waals surface area contributed by atoms with Gasteiger partial charge in [-0.3, -0.25) is 4.79 Å². The summed E-state index contributed by atoms with van der Waals surface area (Å²) in [7, 11) is -0.680. The van der Waals surface area contributed by atoms with Crippen molar-refractivity contribution in [2.45, 2.75) is 37.5 Å². The molecule has 0 aliphatic carbocycles. The number of anilines is 1. The lowest BCUT2D eigenvalue weighted by Gasteiger charge is -2.11. The number of nitrogens with one attached hydrogen (secondary N) is 1. The molecule has 0 bridgehead atoms. The van der Waals surface area contributed by atoms with Crippen LogP contribution < -0.4 is 14.8 Å². The molecule has 0 saturated carbocycles. The van der Waals surface area contributed by atoms with Crippen LogP contribution in [0.2, 0.25) is 0 Å². The summed E-state index contributed by atoms with van der Waals surface area (Å²) < 4.78 is 62.9. The SMILES string of the molecule is CCn1c(CCC(=O)Nc2ccc3c(c2)OC(F)(F)O3)nc2cc(S(=O)(=O)N(C)C)ccc21. The Hall–Kier alpha value is -3.25. The van der Waals surface area contributed by atoms with Crippen LogP contribution in [-0.2, 0) is 27.8 Å². The van der Waals surface area contributed by atoms with Crippen LogP contribution in [0.25, 0.3) is 11.0 Å². The van der Waals surface area contributed by atoms with Gasteiger partial charge in [0, 0.05) is 45.2 Å². The molecule has 1 aliphatic rings. The number of carbonyl (C=O) groups excluding carboxylic acids is 1. The molecule has 4 rings (SSSR count). The van der Waals surface area contributed by atoms with E-state index in [1.165, 1.54) is 44.4 Å². The number of rotatable bonds is 7. The molecule has 2 heterocycles. The summed E-state index contributed by atoms with van der Waals surface area (Å²) in [5.41, 5.74) is 1.58. The number of halogens is 2. The van der Waals surface area contributed by atoms with Gasteiger partial charge in [-0.15, -0.1) is 8.78 Å². The zero-order chi connectivity index (χ0) is 24.0. The molecule has 1 amide bonds. The average Bonchev–Trinajstić information content (AvgIpc) is 3.25. The fraction of sp³-hybridized carbons (Fsp3) is 0.333. The van der Waals surface area contributed by atoms with E-state index in [0.717, 1.165) is 9.82 Å². The van der Waals surface area contributed by atoms with Gasteiger partial charge >= 0.3 is 6.29 Å². The first-order valence-corrected chi connectivity index (χ1v) is 11.6. The van der Waals surface area contributed by atoms with Crippen molar-refractivity contribution in [1.82, 2.24) is 13.9 Å². The Balaban J connectivity index is 1.48. The molecule has 1 aromatic heterocycles. The third-order valence-corrected chi connectivity index (χ3v) is 6.97. The minimum Gasteiger partial charge on any atom is -0.395 e. The van der Waals surface area contributed by atoms with Crippen molar-refractivity contribution in [2.75, 3.05) is 19.4 Å². The van der Waals surface area contributed by atoms with Gasteiger partial charge in [0.25, 0.3) is 0 Å². The van der Waals surface area contributed by atoms with Gasteiger partial charge in [-0.05, 0) is 37.3 Å². The topological polar surface area (TPSA) is 103 Å². The molecule has 2 aromatic carbocycles. The van der Waals surface area contributed by atoms with Gasteiger partial charge in [-0.25, -0.2) is 17.7 Å². The Morgan fingerprint density at radius 3 is 2.58 bits per heavy atom. The van der Waals surface area contributed by atoms with Crippen molar-refractivity contribution >= 4 is 32.7 Å². The first-order valence-electron chi connectivity index (χ1n) is 10.1. The molecule has 1 N–H and O–H groups in total. The summed E-state index contributed by atoms with van der Waals surface area (Å²) in [5.74, 6) is 0.0259. The summed E-state index contributed by atoms with van der Waals surface area (Å²) in [6.07, 6.45) is -3.35. The second kappa shape index (κ2) is 8.27. The van der Waals surface area contributed by atoms with E-state index in [-0.39, 0.29) is 28.7 Å². The van der Waals surface area contributed by atoms with Crippen LogP contribution in [-0.4, -0.2) is 48.6 Å². The highest BCUT2D eigenvalue weighted by Crippen LogP contribution is 2.42. The van der Waals surface area contributed by atoms with Gasteiger partial charge in [0.15, 0.2) is 11.5 Å². The van der Waals surface area contributed by atoms with E-state index in [9.17, 15) is 22.0 Å². The molecular weight excluding hydrogens is 458 g/mol. The van der Waals surface area contributed by atoms with Crippen molar-refractivity contribution in [2.24, 2.45) is 0 Å². The molecule has 9 nitrogen and oxygen atoms in total. The quantitative estimate of drug-likeness (QED) is 0.557. The van der Waals surface area contributed by atoms with Crippen molar-refractivity contribution in [1.29, 1.82) is 0 Å². The van der Waals surface area contributed by atoms with Gasteiger partial charge in [0.2, 0.25) is 15.9 Å². The maximum atomic E-state index is 13.2. The fourth-order valence-electron chi connectivity index (χ4n) is 3.55. The summed E-state index contributed by atoms with van der Waals surface area (Å²) in [6.45, 7) is 2.52. The Morgan fingerprint density at radius 1 is 1.15 bits per heavy atom. The second-order valence-corrected chi connectivity index (χ2v) is 9.74. The van der Waals surface area contributed by atoms with Crippen molar-refractivity contribution in [3.05, 3.63) is 42.2 Å². The summed E-state index contributed by atoms with van der Waals surface area (Å²) in [6, 6.07) is 8.75. The molecule has 0 unspecified atom stereocenters. The number of carbonyl (C=O) groups is 1. The van der Waals surface area contributed by atoms with E-state index in [1.807, 2.05) is 11.5 Å². The number of sulfonamides is 1. The third kappa shape index (κ3) is 4.48. The second-order valence-electron chi connectivity index (χ2n) is 7.59. The minimum atomic E-state index is -3.73. The number of ether oxygens (including phenoxy) is 2. The number of hydrogen-bond acceptors (Lipinski definition) is 6. The van der Waals surface area contributed by atoms with E-state index >= 15 is 0 Å². The van der Waals surface area contributed by atoms with Gasteiger partial charge in [-0.2, -0.15) is 0 Å². The number of alkyl halides is 2. The maximum Gasteiger partial charge on any atom is 0.586 e. The Labute approximate surface area is 189 Å². The molecule has 0 saturated heterocycles. The first-order chi connectivity index (χ1) is 15.5. The van der Waals surface area contributed by atoms with Crippen LogP contribution in [0.1, 0.15) is 19.2 Å². The lowest BCUT2D eigenvalue weighted by molar-refractivity contribution is -0.286. The summed E-state index contributed by atoms with van der Waals surface area (Å²) >= 11 is 0. The third-order valence-electron chi connectivity index (χ3n) is 5.15. The lowest BCUT2D eigenvalue weighted by atomic mass is 10.2. The van der Waals surface area contributed by atoms with Crippen molar-refractivity contribution in [3.63, 3.8) is 0 Å². The standard InChI is InChI=1S/C21H22F2N4O5S/c1-4-27-16-7-6-14(33(29,30)26(2)3)12-15(16)25-19(27)9-10-20(28)24-13-5-8-17-18(11-13)32-21(22,23)31-17/h5-8,11-12H,4,9-10H2,1-3H3,(H,24,28). The molecule has 0 atom stereocenters. The molecule has 0 fully saturated rings. The Kier molecular flexibility index (Phi) is 5.74. The van der Waals surface area contributed by atoms with Crippen LogP contribution in [0.3, 0.4) is 0 Å². The number of benzene rings is 2. The Morgan fingerprint density at radius 2 is 1.88 bits per heavy atom. The minimum absolute atomic E-state index is 0.0801. The molecule has 33 heavy (non-hydrogen) atoms. The average molecular weight is 480 g/mol.